The van der Waals surface area contributed by atoms with Gasteiger partial charge in [0, 0.05) is 12.1 Å². The molecule has 18 heavy (non-hydrogen) atoms. The zero-order valence-corrected chi connectivity index (χ0v) is 12.5. The number of nitrogens with two attached hydrogens (primary N) is 1. The van der Waals surface area contributed by atoms with E-state index in [0.717, 1.165) is 19.5 Å². The number of benzene rings is 1. The Morgan fingerprint density at radius 1 is 1.00 bits per heavy atom. The maximum atomic E-state index is 5.61. The molecule has 0 bridgehead atoms. The highest BCUT2D eigenvalue weighted by atomic mass is 15.0. The molecule has 0 saturated heterocycles. The van der Waals surface area contributed by atoms with Crippen LogP contribution in [-0.4, -0.2) is 12.1 Å². The maximum Gasteiger partial charge on any atom is 0.0210 e. The van der Waals surface area contributed by atoms with Crippen LogP contribution >= 0.6 is 0 Å². The average Bonchev–Trinajstić information content (AvgIpc) is 2.26. The lowest BCUT2D eigenvalue weighted by Gasteiger charge is -2.26. The molecule has 0 aromatic heterocycles. The molecule has 1 rings (SSSR count). The molecule has 0 aliphatic carbocycles. The molecule has 0 heterocycles. The van der Waals surface area contributed by atoms with Crippen LogP contribution in [0, 0.1) is 0 Å². The lowest BCUT2D eigenvalue weighted by molar-refractivity contribution is 0.365. The second-order valence-corrected chi connectivity index (χ2v) is 6.72. The van der Waals surface area contributed by atoms with E-state index in [2.05, 4.69) is 64.2 Å². The summed E-state index contributed by atoms with van der Waals surface area (Å²) in [4.78, 5) is 0. The first-order chi connectivity index (χ1) is 8.24. The largest absolute Gasteiger partial charge is 0.330 e. The molecule has 102 valence electrons. The van der Waals surface area contributed by atoms with E-state index in [1.54, 1.807) is 0 Å². The van der Waals surface area contributed by atoms with Crippen LogP contribution in [-0.2, 0) is 12.0 Å². The van der Waals surface area contributed by atoms with Crippen LogP contribution in [0.2, 0.25) is 0 Å². The van der Waals surface area contributed by atoms with Crippen LogP contribution in [0.5, 0.6) is 0 Å². The van der Waals surface area contributed by atoms with Crippen molar-refractivity contribution in [3.63, 3.8) is 0 Å². The molecule has 0 unspecified atom stereocenters. The van der Waals surface area contributed by atoms with Crippen molar-refractivity contribution in [1.29, 1.82) is 0 Å². The fourth-order valence-corrected chi connectivity index (χ4v) is 1.91. The van der Waals surface area contributed by atoms with Crippen molar-refractivity contribution in [2.75, 3.05) is 6.54 Å². The number of nitrogens with one attached hydrogen (secondary N) is 1. The molecule has 0 aliphatic rings. The van der Waals surface area contributed by atoms with E-state index >= 15 is 0 Å². The van der Waals surface area contributed by atoms with Crippen molar-refractivity contribution in [1.82, 2.24) is 5.32 Å². The first-order valence-corrected chi connectivity index (χ1v) is 6.79. The van der Waals surface area contributed by atoms with Gasteiger partial charge in [0.1, 0.15) is 0 Å². The number of hydrogen-bond donors (Lipinski definition) is 2. The highest BCUT2D eigenvalue weighted by molar-refractivity contribution is 5.27. The van der Waals surface area contributed by atoms with E-state index in [4.69, 9.17) is 5.73 Å². The van der Waals surface area contributed by atoms with E-state index in [9.17, 15) is 0 Å². The van der Waals surface area contributed by atoms with Gasteiger partial charge in [-0.05, 0) is 43.4 Å². The first kappa shape index (κ1) is 15.2. The summed E-state index contributed by atoms with van der Waals surface area (Å²) >= 11 is 0. The zero-order valence-electron chi connectivity index (χ0n) is 12.5. The second kappa shape index (κ2) is 5.85. The van der Waals surface area contributed by atoms with Gasteiger partial charge in [-0.2, -0.15) is 0 Å². The number of rotatable bonds is 5. The summed E-state index contributed by atoms with van der Waals surface area (Å²) in [5.41, 5.74) is 8.66. The molecule has 0 radical (unpaired) electrons. The third kappa shape index (κ3) is 4.79. The molecule has 0 spiro atoms. The fourth-order valence-electron chi connectivity index (χ4n) is 1.91. The van der Waals surface area contributed by atoms with Gasteiger partial charge < -0.3 is 11.1 Å². The Balaban J connectivity index is 2.60. The van der Waals surface area contributed by atoms with Gasteiger partial charge in [-0.15, -0.1) is 0 Å². The Morgan fingerprint density at radius 3 is 2.00 bits per heavy atom. The van der Waals surface area contributed by atoms with Crippen LogP contribution in [0.3, 0.4) is 0 Å². The first-order valence-electron chi connectivity index (χ1n) is 6.79. The maximum absolute atomic E-state index is 5.61. The molecule has 2 nitrogen and oxygen atoms in total. The predicted molar refractivity (Wildman–Crippen MR) is 79.7 cm³/mol. The molecule has 0 fully saturated rings. The van der Waals surface area contributed by atoms with Gasteiger partial charge in [-0.1, -0.05) is 45.0 Å². The smallest absolute Gasteiger partial charge is 0.0210 e. The standard InChI is InChI=1S/C16H28N2/c1-15(2,3)14-8-6-13(7-9-14)12-18-16(4,5)10-11-17/h6-9,18H,10-12,17H2,1-5H3. The Hall–Kier alpha value is -0.860. The molecule has 0 atom stereocenters. The quantitative estimate of drug-likeness (QED) is 0.840. The summed E-state index contributed by atoms with van der Waals surface area (Å²) in [6.45, 7) is 12.7. The third-order valence-electron chi connectivity index (χ3n) is 3.36. The van der Waals surface area contributed by atoms with Gasteiger partial charge in [-0.3, -0.25) is 0 Å². The van der Waals surface area contributed by atoms with Crippen molar-refractivity contribution < 1.29 is 0 Å². The van der Waals surface area contributed by atoms with Crippen LogP contribution in [0.4, 0.5) is 0 Å². The Labute approximate surface area is 112 Å². The van der Waals surface area contributed by atoms with Gasteiger partial charge in [0.25, 0.3) is 0 Å². The lowest BCUT2D eigenvalue weighted by Crippen LogP contribution is -2.40. The molecular formula is C16H28N2. The van der Waals surface area contributed by atoms with Gasteiger partial charge in [0.2, 0.25) is 0 Å². The molecule has 0 amide bonds. The van der Waals surface area contributed by atoms with Gasteiger partial charge in [-0.25, -0.2) is 0 Å². The van der Waals surface area contributed by atoms with Crippen LogP contribution in [0.25, 0.3) is 0 Å². The Bertz CT molecular complexity index is 358. The summed E-state index contributed by atoms with van der Waals surface area (Å²) in [6.07, 6.45) is 0.993. The molecule has 0 saturated carbocycles. The van der Waals surface area contributed by atoms with Crippen molar-refractivity contribution in [3.05, 3.63) is 35.4 Å². The second-order valence-electron chi connectivity index (χ2n) is 6.72. The van der Waals surface area contributed by atoms with Gasteiger partial charge in [0.05, 0.1) is 0 Å². The molecular weight excluding hydrogens is 220 g/mol. The number of hydrogen-bond acceptors (Lipinski definition) is 2. The minimum Gasteiger partial charge on any atom is -0.330 e. The molecule has 3 N–H and O–H groups in total. The summed E-state index contributed by atoms with van der Waals surface area (Å²) < 4.78 is 0. The zero-order chi connectivity index (χ0) is 13.8. The highest BCUT2D eigenvalue weighted by Gasteiger charge is 2.16. The molecule has 2 heteroatoms. The average molecular weight is 248 g/mol. The van der Waals surface area contributed by atoms with Crippen molar-refractivity contribution >= 4 is 0 Å². The van der Waals surface area contributed by atoms with Crippen molar-refractivity contribution in [3.8, 4) is 0 Å². The van der Waals surface area contributed by atoms with E-state index in [1.807, 2.05) is 0 Å². The highest BCUT2D eigenvalue weighted by Crippen LogP contribution is 2.22. The van der Waals surface area contributed by atoms with Crippen LogP contribution in [0.15, 0.2) is 24.3 Å². The van der Waals surface area contributed by atoms with E-state index in [-0.39, 0.29) is 11.0 Å². The topological polar surface area (TPSA) is 38.0 Å². The van der Waals surface area contributed by atoms with E-state index in [0.29, 0.717) is 0 Å². The SMILES string of the molecule is CC(C)(CCN)NCc1ccc(C(C)(C)C)cc1. The summed E-state index contributed by atoms with van der Waals surface area (Å²) in [5, 5.41) is 3.55. The lowest BCUT2D eigenvalue weighted by atomic mass is 9.86. The van der Waals surface area contributed by atoms with Gasteiger partial charge in [0.15, 0.2) is 0 Å². The summed E-state index contributed by atoms with van der Waals surface area (Å²) in [5.74, 6) is 0. The Morgan fingerprint density at radius 2 is 1.56 bits per heavy atom. The predicted octanol–water partition coefficient (Wildman–Crippen LogP) is 3.20. The fraction of sp³-hybridized carbons (Fsp3) is 0.625. The molecule has 1 aromatic rings. The molecule has 0 aliphatic heterocycles. The Kier molecular flexibility index (Phi) is 4.94. The van der Waals surface area contributed by atoms with E-state index < -0.39 is 0 Å². The summed E-state index contributed by atoms with van der Waals surface area (Å²) in [6, 6.07) is 8.89. The van der Waals surface area contributed by atoms with Crippen LogP contribution in [0.1, 0.15) is 52.2 Å². The summed E-state index contributed by atoms with van der Waals surface area (Å²) in [7, 11) is 0. The van der Waals surface area contributed by atoms with Crippen LogP contribution < -0.4 is 11.1 Å². The van der Waals surface area contributed by atoms with Gasteiger partial charge >= 0.3 is 0 Å². The van der Waals surface area contributed by atoms with E-state index in [1.165, 1.54) is 11.1 Å². The minimum atomic E-state index is 0.109. The molecule has 1 aromatic carbocycles. The monoisotopic (exact) mass is 248 g/mol. The normalized spacial score (nSPS) is 12.8. The van der Waals surface area contributed by atoms with Crippen molar-refractivity contribution in [2.45, 2.75) is 58.5 Å². The minimum absolute atomic E-state index is 0.109. The third-order valence-corrected chi connectivity index (χ3v) is 3.36. The van der Waals surface area contributed by atoms with Crippen molar-refractivity contribution in [2.24, 2.45) is 5.73 Å².